The van der Waals surface area contributed by atoms with Gasteiger partial charge in [0.15, 0.2) is 5.78 Å². The molecule has 2 aromatic rings. The highest BCUT2D eigenvalue weighted by molar-refractivity contribution is 6.58. The predicted molar refractivity (Wildman–Crippen MR) is 79.8 cm³/mol. The van der Waals surface area contributed by atoms with Gasteiger partial charge in [-0.2, -0.15) is 0 Å². The summed E-state index contributed by atoms with van der Waals surface area (Å²) in [6.07, 6.45) is -0.145. The van der Waals surface area contributed by atoms with Crippen LogP contribution in [0.5, 0.6) is 5.75 Å². The lowest BCUT2D eigenvalue weighted by Crippen LogP contribution is -2.31. The van der Waals surface area contributed by atoms with Crippen LogP contribution in [0.25, 0.3) is 0 Å². The summed E-state index contributed by atoms with van der Waals surface area (Å²) >= 11 is 0. The van der Waals surface area contributed by atoms with Crippen LogP contribution in [0.1, 0.15) is 34.0 Å². The molecule has 1 unspecified atom stereocenters. The molecule has 1 aliphatic rings. The van der Waals surface area contributed by atoms with E-state index in [-0.39, 0.29) is 12.2 Å². The largest absolute Gasteiger partial charge is 0.488 e. The van der Waals surface area contributed by atoms with Crippen molar-refractivity contribution in [3.63, 3.8) is 0 Å². The molecule has 0 radical (unpaired) electrons. The molecular weight excluding hydrogens is 267 g/mol. The second-order valence-electron chi connectivity index (χ2n) is 5.28. The van der Waals surface area contributed by atoms with Crippen LogP contribution < -0.4 is 10.2 Å². The van der Waals surface area contributed by atoms with E-state index in [4.69, 9.17) is 4.74 Å². The van der Waals surface area contributed by atoms with Crippen LogP contribution in [0.4, 0.5) is 0 Å². The Labute approximate surface area is 123 Å². The van der Waals surface area contributed by atoms with Gasteiger partial charge in [0, 0.05) is 0 Å². The van der Waals surface area contributed by atoms with Crippen molar-refractivity contribution >= 4 is 18.4 Å². The van der Waals surface area contributed by atoms with Gasteiger partial charge < -0.3 is 14.8 Å². The maximum absolute atomic E-state index is 12.3. The van der Waals surface area contributed by atoms with E-state index in [1.54, 1.807) is 24.3 Å². The number of ketones is 1. The Bertz CT molecular complexity index is 696. The summed E-state index contributed by atoms with van der Waals surface area (Å²) < 4.78 is 5.89. The third kappa shape index (κ3) is 2.70. The van der Waals surface area contributed by atoms with Gasteiger partial charge in [0.05, 0.1) is 12.0 Å². The molecule has 0 spiro atoms. The lowest BCUT2D eigenvalue weighted by molar-refractivity contribution is 0.0850. The molecule has 1 atom stereocenters. The SMILES string of the molecule is Cc1ccc2c(c1)C(=O)CC(c1cccc(B(O)O)c1)O2. The first-order valence-corrected chi connectivity index (χ1v) is 6.81. The number of fused-ring (bicyclic) bond motifs is 1. The number of aryl methyl sites for hydroxylation is 1. The molecule has 1 heterocycles. The standard InChI is InChI=1S/C16H15BO4/c1-10-5-6-15-13(7-10)14(18)9-16(21-15)11-3-2-4-12(8-11)17(19)20/h2-8,16,19-20H,9H2,1H3. The first-order chi connectivity index (χ1) is 10.0. The average Bonchev–Trinajstić information content (AvgIpc) is 2.48. The molecule has 0 bridgehead atoms. The second-order valence-corrected chi connectivity index (χ2v) is 5.28. The molecule has 2 N–H and O–H groups in total. The lowest BCUT2D eigenvalue weighted by atomic mass is 9.79. The summed E-state index contributed by atoms with van der Waals surface area (Å²) in [5, 5.41) is 18.5. The molecule has 5 heteroatoms. The molecular formula is C16H15BO4. The number of ether oxygens (including phenoxy) is 1. The highest BCUT2D eigenvalue weighted by Crippen LogP contribution is 2.34. The molecule has 2 aromatic carbocycles. The van der Waals surface area contributed by atoms with E-state index < -0.39 is 13.2 Å². The van der Waals surface area contributed by atoms with Crippen LogP contribution in [-0.4, -0.2) is 22.9 Å². The number of hydrogen-bond donors (Lipinski definition) is 2. The Balaban J connectivity index is 1.94. The minimum atomic E-state index is -1.53. The number of Topliss-reactive ketones (excluding diaryl/α,β-unsaturated/α-hetero) is 1. The van der Waals surface area contributed by atoms with Crippen molar-refractivity contribution in [1.82, 2.24) is 0 Å². The Morgan fingerprint density at radius 2 is 2.00 bits per heavy atom. The van der Waals surface area contributed by atoms with Gasteiger partial charge in [-0.3, -0.25) is 4.79 Å². The van der Waals surface area contributed by atoms with E-state index in [1.165, 1.54) is 0 Å². The fraction of sp³-hybridized carbons (Fsp3) is 0.188. The topological polar surface area (TPSA) is 66.8 Å². The van der Waals surface area contributed by atoms with Crippen LogP contribution in [0.2, 0.25) is 0 Å². The highest BCUT2D eigenvalue weighted by Gasteiger charge is 2.28. The summed E-state index contributed by atoms with van der Waals surface area (Å²) in [6.45, 7) is 1.94. The Morgan fingerprint density at radius 1 is 1.19 bits per heavy atom. The zero-order valence-corrected chi connectivity index (χ0v) is 11.6. The van der Waals surface area contributed by atoms with Crippen molar-refractivity contribution in [2.75, 3.05) is 0 Å². The van der Waals surface area contributed by atoms with Crippen molar-refractivity contribution in [2.45, 2.75) is 19.4 Å². The molecule has 106 valence electrons. The monoisotopic (exact) mass is 282 g/mol. The van der Waals surface area contributed by atoms with Gasteiger partial charge in [-0.15, -0.1) is 0 Å². The number of carbonyl (C=O) groups excluding carboxylic acids is 1. The summed E-state index contributed by atoms with van der Waals surface area (Å²) in [5.41, 5.74) is 2.79. The molecule has 0 fully saturated rings. The van der Waals surface area contributed by atoms with Crippen molar-refractivity contribution < 1.29 is 19.6 Å². The van der Waals surface area contributed by atoms with E-state index in [0.29, 0.717) is 16.8 Å². The summed E-state index contributed by atoms with van der Waals surface area (Å²) in [6, 6.07) is 12.4. The minimum Gasteiger partial charge on any atom is -0.484 e. The number of carbonyl (C=O) groups is 1. The Morgan fingerprint density at radius 3 is 2.76 bits per heavy atom. The van der Waals surface area contributed by atoms with Gasteiger partial charge in [0.1, 0.15) is 11.9 Å². The van der Waals surface area contributed by atoms with Gasteiger partial charge in [-0.05, 0) is 30.1 Å². The molecule has 0 saturated carbocycles. The smallest absolute Gasteiger partial charge is 0.484 e. The number of benzene rings is 2. The van der Waals surface area contributed by atoms with E-state index in [9.17, 15) is 14.8 Å². The normalized spacial score (nSPS) is 17.1. The average molecular weight is 282 g/mol. The third-order valence-electron chi connectivity index (χ3n) is 3.66. The van der Waals surface area contributed by atoms with Gasteiger partial charge in [0.2, 0.25) is 0 Å². The van der Waals surface area contributed by atoms with E-state index >= 15 is 0 Å². The Kier molecular flexibility index (Phi) is 3.53. The maximum atomic E-state index is 12.3. The molecule has 3 rings (SSSR count). The molecule has 4 nitrogen and oxygen atoms in total. The summed E-state index contributed by atoms with van der Waals surface area (Å²) in [7, 11) is -1.53. The fourth-order valence-electron chi connectivity index (χ4n) is 2.54. The van der Waals surface area contributed by atoms with E-state index in [2.05, 4.69) is 0 Å². The summed E-state index contributed by atoms with van der Waals surface area (Å²) in [5.74, 6) is 0.622. The quantitative estimate of drug-likeness (QED) is 0.817. The molecule has 0 aromatic heterocycles. The lowest BCUT2D eigenvalue weighted by Gasteiger charge is -2.26. The molecule has 1 aliphatic heterocycles. The van der Waals surface area contributed by atoms with Gasteiger partial charge >= 0.3 is 7.12 Å². The predicted octanol–water partition coefficient (Wildman–Crippen LogP) is 1.38. The Hall–Kier alpha value is -2.11. The number of rotatable bonds is 2. The molecule has 0 amide bonds. The minimum absolute atomic E-state index is 0.0416. The van der Waals surface area contributed by atoms with Crippen molar-refractivity contribution in [2.24, 2.45) is 0 Å². The van der Waals surface area contributed by atoms with Crippen LogP contribution in [0.3, 0.4) is 0 Å². The zero-order chi connectivity index (χ0) is 15.0. The van der Waals surface area contributed by atoms with Crippen LogP contribution in [0, 0.1) is 6.92 Å². The highest BCUT2D eigenvalue weighted by atomic mass is 16.5. The third-order valence-corrected chi connectivity index (χ3v) is 3.66. The molecule has 21 heavy (non-hydrogen) atoms. The van der Waals surface area contributed by atoms with E-state index in [1.807, 2.05) is 25.1 Å². The van der Waals surface area contributed by atoms with Gasteiger partial charge in [0.25, 0.3) is 0 Å². The first-order valence-electron chi connectivity index (χ1n) is 6.81. The number of hydrogen-bond acceptors (Lipinski definition) is 4. The van der Waals surface area contributed by atoms with Crippen molar-refractivity contribution in [3.05, 3.63) is 59.2 Å². The second kappa shape index (κ2) is 5.35. The first kappa shape index (κ1) is 13.9. The van der Waals surface area contributed by atoms with Crippen LogP contribution >= 0.6 is 0 Å². The van der Waals surface area contributed by atoms with E-state index in [0.717, 1.165) is 11.1 Å². The van der Waals surface area contributed by atoms with Gasteiger partial charge in [-0.25, -0.2) is 0 Å². The maximum Gasteiger partial charge on any atom is 0.488 e. The molecule has 0 saturated heterocycles. The summed E-state index contributed by atoms with van der Waals surface area (Å²) in [4.78, 5) is 12.3. The van der Waals surface area contributed by atoms with Crippen LogP contribution in [0.15, 0.2) is 42.5 Å². The van der Waals surface area contributed by atoms with Crippen molar-refractivity contribution in [1.29, 1.82) is 0 Å². The van der Waals surface area contributed by atoms with Crippen LogP contribution in [-0.2, 0) is 0 Å². The zero-order valence-electron chi connectivity index (χ0n) is 11.6. The fourth-order valence-corrected chi connectivity index (χ4v) is 2.54. The van der Waals surface area contributed by atoms with Crippen molar-refractivity contribution in [3.8, 4) is 5.75 Å². The molecule has 0 aliphatic carbocycles. The van der Waals surface area contributed by atoms with Gasteiger partial charge in [-0.1, -0.05) is 35.9 Å².